The van der Waals surface area contributed by atoms with Gasteiger partial charge >= 0.3 is 0 Å². The SMILES string of the molecule is COc1ccc(C=NNc2ccccc2)cc1OCc1ccc(F)cc1Cl. The van der Waals surface area contributed by atoms with Gasteiger partial charge in [0.25, 0.3) is 0 Å². The summed E-state index contributed by atoms with van der Waals surface area (Å²) >= 11 is 6.05. The third-order valence-electron chi connectivity index (χ3n) is 3.77. The van der Waals surface area contributed by atoms with E-state index in [9.17, 15) is 4.39 Å². The first-order valence-corrected chi connectivity index (χ1v) is 8.62. The van der Waals surface area contributed by atoms with Gasteiger partial charge in [-0.15, -0.1) is 0 Å². The van der Waals surface area contributed by atoms with Gasteiger partial charge in [0.05, 0.1) is 24.0 Å². The van der Waals surface area contributed by atoms with Crippen molar-refractivity contribution in [2.75, 3.05) is 12.5 Å². The number of hydrogen-bond acceptors (Lipinski definition) is 4. The highest BCUT2D eigenvalue weighted by molar-refractivity contribution is 6.31. The summed E-state index contributed by atoms with van der Waals surface area (Å²) in [4.78, 5) is 0. The number of para-hydroxylation sites is 1. The van der Waals surface area contributed by atoms with Gasteiger partial charge in [0.15, 0.2) is 11.5 Å². The monoisotopic (exact) mass is 384 g/mol. The zero-order valence-electron chi connectivity index (χ0n) is 14.7. The van der Waals surface area contributed by atoms with Crippen molar-refractivity contribution in [3.63, 3.8) is 0 Å². The summed E-state index contributed by atoms with van der Waals surface area (Å²) in [5, 5.41) is 4.53. The topological polar surface area (TPSA) is 42.8 Å². The summed E-state index contributed by atoms with van der Waals surface area (Å²) in [5.74, 6) is 0.744. The summed E-state index contributed by atoms with van der Waals surface area (Å²) < 4.78 is 24.3. The van der Waals surface area contributed by atoms with E-state index >= 15 is 0 Å². The Bertz CT molecular complexity index is 933. The molecule has 0 aliphatic heterocycles. The van der Waals surface area contributed by atoms with E-state index in [1.54, 1.807) is 25.5 Å². The first-order valence-electron chi connectivity index (χ1n) is 8.24. The van der Waals surface area contributed by atoms with E-state index in [1.807, 2.05) is 42.5 Å². The van der Waals surface area contributed by atoms with Crippen LogP contribution in [0.3, 0.4) is 0 Å². The zero-order chi connectivity index (χ0) is 19.1. The van der Waals surface area contributed by atoms with E-state index in [1.165, 1.54) is 12.1 Å². The molecule has 0 atom stereocenters. The molecular weight excluding hydrogens is 367 g/mol. The second-order valence-electron chi connectivity index (χ2n) is 5.67. The van der Waals surface area contributed by atoms with Crippen LogP contribution in [0.25, 0.3) is 0 Å². The van der Waals surface area contributed by atoms with Gasteiger partial charge in [-0.05, 0) is 48.0 Å². The minimum absolute atomic E-state index is 0.193. The molecule has 0 bridgehead atoms. The minimum atomic E-state index is -0.384. The predicted molar refractivity (Wildman–Crippen MR) is 106 cm³/mol. The smallest absolute Gasteiger partial charge is 0.162 e. The fourth-order valence-corrected chi connectivity index (χ4v) is 2.60. The maximum absolute atomic E-state index is 13.2. The third kappa shape index (κ3) is 5.21. The second-order valence-corrected chi connectivity index (χ2v) is 6.08. The van der Waals surface area contributed by atoms with Gasteiger partial charge in [-0.2, -0.15) is 5.10 Å². The summed E-state index contributed by atoms with van der Waals surface area (Å²) in [6, 6.07) is 19.3. The second kappa shape index (κ2) is 9.05. The Balaban J connectivity index is 1.71. The number of ether oxygens (including phenoxy) is 2. The fourth-order valence-electron chi connectivity index (χ4n) is 2.37. The molecule has 0 unspecified atom stereocenters. The standard InChI is InChI=1S/C21H18ClFN2O2/c1-26-20-10-7-15(13-24-25-18-5-3-2-4-6-18)11-21(20)27-14-16-8-9-17(23)12-19(16)22/h2-13,25H,14H2,1H3. The number of halogens is 2. The van der Waals surface area contributed by atoms with Gasteiger partial charge < -0.3 is 9.47 Å². The molecular formula is C21H18ClFN2O2. The Morgan fingerprint density at radius 3 is 2.59 bits per heavy atom. The highest BCUT2D eigenvalue weighted by Gasteiger charge is 2.08. The highest BCUT2D eigenvalue weighted by atomic mass is 35.5. The van der Waals surface area contributed by atoms with E-state index in [0.717, 1.165) is 11.3 Å². The van der Waals surface area contributed by atoms with Crippen molar-refractivity contribution in [1.29, 1.82) is 0 Å². The van der Waals surface area contributed by atoms with Crippen molar-refractivity contribution in [2.45, 2.75) is 6.61 Å². The lowest BCUT2D eigenvalue weighted by Gasteiger charge is -2.12. The lowest BCUT2D eigenvalue weighted by molar-refractivity contribution is 0.284. The summed E-state index contributed by atoms with van der Waals surface area (Å²) in [6.45, 7) is 0.193. The Morgan fingerprint density at radius 2 is 1.85 bits per heavy atom. The van der Waals surface area contributed by atoms with Gasteiger partial charge in [-0.25, -0.2) is 4.39 Å². The van der Waals surface area contributed by atoms with E-state index in [4.69, 9.17) is 21.1 Å². The van der Waals surface area contributed by atoms with Crippen LogP contribution in [0.4, 0.5) is 10.1 Å². The van der Waals surface area contributed by atoms with Crippen LogP contribution < -0.4 is 14.9 Å². The number of rotatable bonds is 7. The lowest BCUT2D eigenvalue weighted by Crippen LogP contribution is -2.00. The van der Waals surface area contributed by atoms with Crippen molar-refractivity contribution in [3.8, 4) is 11.5 Å². The van der Waals surface area contributed by atoms with Crippen LogP contribution in [0.5, 0.6) is 11.5 Å². The van der Waals surface area contributed by atoms with Gasteiger partial charge in [-0.3, -0.25) is 5.43 Å². The van der Waals surface area contributed by atoms with Crippen LogP contribution in [0.2, 0.25) is 5.02 Å². The molecule has 0 amide bonds. The first kappa shape index (κ1) is 18.7. The van der Waals surface area contributed by atoms with Crippen molar-refractivity contribution in [1.82, 2.24) is 0 Å². The molecule has 3 aromatic carbocycles. The minimum Gasteiger partial charge on any atom is -0.493 e. The molecule has 0 heterocycles. The quantitative estimate of drug-likeness (QED) is 0.431. The average molecular weight is 385 g/mol. The molecule has 0 saturated carbocycles. The van der Waals surface area contributed by atoms with Gasteiger partial charge in [0.2, 0.25) is 0 Å². The molecule has 0 aliphatic rings. The van der Waals surface area contributed by atoms with Crippen LogP contribution in [-0.4, -0.2) is 13.3 Å². The molecule has 27 heavy (non-hydrogen) atoms. The fraction of sp³-hybridized carbons (Fsp3) is 0.0952. The van der Waals surface area contributed by atoms with Gasteiger partial charge in [0, 0.05) is 5.56 Å². The molecule has 6 heteroatoms. The molecule has 4 nitrogen and oxygen atoms in total. The Hall–Kier alpha value is -3.05. The number of hydrogen-bond donors (Lipinski definition) is 1. The van der Waals surface area contributed by atoms with Crippen LogP contribution in [0.15, 0.2) is 71.8 Å². The Kier molecular flexibility index (Phi) is 6.28. The van der Waals surface area contributed by atoms with Crippen LogP contribution in [0.1, 0.15) is 11.1 Å². The van der Waals surface area contributed by atoms with Crippen molar-refractivity contribution in [3.05, 3.63) is 88.7 Å². The van der Waals surface area contributed by atoms with Crippen LogP contribution in [-0.2, 0) is 6.61 Å². The first-order chi connectivity index (χ1) is 13.2. The van der Waals surface area contributed by atoms with E-state index < -0.39 is 0 Å². The largest absolute Gasteiger partial charge is 0.493 e. The molecule has 3 rings (SSSR count). The van der Waals surface area contributed by atoms with Gasteiger partial charge in [-0.1, -0.05) is 35.9 Å². The third-order valence-corrected chi connectivity index (χ3v) is 4.12. The number of anilines is 1. The maximum atomic E-state index is 13.2. The molecule has 0 spiro atoms. The number of hydrazone groups is 1. The summed E-state index contributed by atoms with van der Waals surface area (Å²) in [7, 11) is 1.57. The van der Waals surface area contributed by atoms with Crippen LogP contribution >= 0.6 is 11.6 Å². The molecule has 1 N–H and O–H groups in total. The lowest BCUT2D eigenvalue weighted by atomic mass is 10.2. The number of nitrogens with zero attached hydrogens (tertiary/aromatic N) is 1. The van der Waals surface area contributed by atoms with E-state index in [-0.39, 0.29) is 12.4 Å². The number of benzene rings is 3. The molecule has 0 aromatic heterocycles. The summed E-state index contributed by atoms with van der Waals surface area (Å²) in [5.41, 5.74) is 5.37. The number of methoxy groups -OCH3 is 1. The zero-order valence-corrected chi connectivity index (χ0v) is 15.4. The Labute approximate surface area is 162 Å². The molecule has 0 radical (unpaired) electrons. The highest BCUT2D eigenvalue weighted by Crippen LogP contribution is 2.29. The van der Waals surface area contributed by atoms with Crippen molar-refractivity contribution >= 4 is 23.5 Å². The molecule has 0 fully saturated rings. The van der Waals surface area contributed by atoms with E-state index in [2.05, 4.69) is 10.5 Å². The van der Waals surface area contributed by atoms with Crippen LogP contribution in [0, 0.1) is 5.82 Å². The number of nitrogens with one attached hydrogen (secondary N) is 1. The van der Waals surface area contributed by atoms with Crippen molar-refractivity contribution in [2.24, 2.45) is 5.10 Å². The molecule has 0 saturated heterocycles. The maximum Gasteiger partial charge on any atom is 0.162 e. The van der Waals surface area contributed by atoms with E-state index in [0.29, 0.717) is 22.1 Å². The van der Waals surface area contributed by atoms with Crippen molar-refractivity contribution < 1.29 is 13.9 Å². The molecule has 0 aliphatic carbocycles. The summed E-state index contributed by atoms with van der Waals surface area (Å²) in [6.07, 6.45) is 1.68. The molecule has 138 valence electrons. The predicted octanol–water partition coefficient (Wildman–Crippen LogP) is 5.51. The molecule has 3 aromatic rings. The average Bonchev–Trinajstić information content (AvgIpc) is 2.68. The Morgan fingerprint density at radius 1 is 1.04 bits per heavy atom. The normalized spacial score (nSPS) is 10.8. The van der Waals surface area contributed by atoms with Gasteiger partial charge in [0.1, 0.15) is 12.4 Å².